The van der Waals surface area contributed by atoms with Crippen molar-refractivity contribution < 1.29 is 9.59 Å². The number of aromatic nitrogens is 1. The number of pyridine rings is 1. The van der Waals surface area contributed by atoms with Gasteiger partial charge in [-0.2, -0.15) is 0 Å². The first-order valence-electron chi connectivity index (χ1n) is 13.1. The molecule has 0 aromatic carbocycles. The summed E-state index contributed by atoms with van der Waals surface area (Å²) in [5, 5.41) is 2.32. The Labute approximate surface area is 209 Å². The van der Waals surface area contributed by atoms with Crippen molar-refractivity contribution in [1.29, 1.82) is 0 Å². The number of urea groups is 1. The largest absolute Gasteiger partial charge is 0.324 e. The SMILES string of the molecule is CC(C)(C)CN1CCC(CN2CCN(Cn3cccc(CN4CCC(=O)NC4=O)c3=O)CC2)CC1. The fourth-order valence-electron chi connectivity index (χ4n) is 5.47. The smallest absolute Gasteiger partial charge is 0.319 e. The van der Waals surface area contributed by atoms with Crippen LogP contribution in [0.25, 0.3) is 0 Å². The Morgan fingerprint density at radius 1 is 0.914 bits per heavy atom. The van der Waals surface area contributed by atoms with Gasteiger partial charge in [0, 0.05) is 64.0 Å². The van der Waals surface area contributed by atoms with E-state index in [0.29, 0.717) is 24.2 Å². The van der Waals surface area contributed by atoms with Gasteiger partial charge in [-0.15, -0.1) is 0 Å². The van der Waals surface area contributed by atoms with Crippen molar-refractivity contribution in [3.63, 3.8) is 0 Å². The van der Waals surface area contributed by atoms with Crippen molar-refractivity contribution in [2.24, 2.45) is 11.3 Å². The molecule has 0 bridgehead atoms. The number of imide groups is 1. The van der Waals surface area contributed by atoms with Crippen LogP contribution in [0.5, 0.6) is 0 Å². The molecule has 1 aromatic rings. The predicted molar refractivity (Wildman–Crippen MR) is 136 cm³/mol. The number of carbonyl (C=O) groups excluding carboxylic acids is 2. The zero-order valence-electron chi connectivity index (χ0n) is 21.7. The highest BCUT2D eigenvalue weighted by Crippen LogP contribution is 2.23. The number of piperazine rings is 1. The van der Waals surface area contributed by atoms with Crippen molar-refractivity contribution in [2.75, 3.05) is 58.9 Å². The van der Waals surface area contributed by atoms with E-state index in [1.165, 1.54) is 43.9 Å². The van der Waals surface area contributed by atoms with E-state index in [-0.39, 0.29) is 24.4 Å². The Kier molecular flexibility index (Phi) is 8.29. The minimum absolute atomic E-state index is 0.0679. The molecule has 3 amide bonds. The molecule has 1 aromatic heterocycles. The molecule has 0 saturated carbocycles. The van der Waals surface area contributed by atoms with Gasteiger partial charge in [0.05, 0.1) is 13.2 Å². The number of carbonyl (C=O) groups is 2. The van der Waals surface area contributed by atoms with Crippen LogP contribution in [0, 0.1) is 11.3 Å². The second-order valence-electron chi connectivity index (χ2n) is 11.7. The third-order valence-corrected chi connectivity index (χ3v) is 7.34. The molecule has 4 heterocycles. The Morgan fingerprint density at radius 2 is 1.60 bits per heavy atom. The minimum atomic E-state index is -0.424. The molecule has 3 aliphatic heterocycles. The second kappa shape index (κ2) is 11.2. The molecule has 1 N–H and O–H groups in total. The summed E-state index contributed by atoms with van der Waals surface area (Å²) >= 11 is 0. The van der Waals surface area contributed by atoms with Crippen LogP contribution in [-0.4, -0.2) is 95.0 Å². The summed E-state index contributed by atoms with van der Waals surface area (Å²) in [7, 11) is 0. The first kappa shape index (κ1) is 25.9. The number of hydrogen-bond donors (Lipinski definition) is 1. The molecule has 0 unspecified atom stereocenters. The molecule has 3 aliphatic rings. The summed E-state index contributed by atoms with van der Waals surface area (Å²) in [6, 6.07) is 3.21. The average molecular weight is 487 g/mol. The molecular formula is C26H42N6O3. The van der Waals surface area contributed by atoms with Gasteiger partial charge in [-0.25, -0.2) is 4.79 Å². The summed E-state index contributed by atoms with van der Waals surface area (Å²) in [6.07, 6.45) is 4.68. The first-order valence-corrected chi connectivity index (χ1v) is 13.1. The molecule has 0 atom stereocenters. The van der Waals surface area contributed by atoms with Gasteiger partial charge < -0.3 is 19.3 Å². The van der Waals surface area contributed by atoms with E-state index in [2.05, 4.69) is 40.8 Å². The standard InChI is InChI=1S/C26H42N6O3/c1-26(2,3)19-29-10-6-21(7-11-29)17-28-13-15-30(16-14-28)20-32-9-4-5-22(24(32)34)18-31-12-8-23(33)27-25(31)35/h4-5,9,21H,6-8,10-20H2,1-3H3,(H,27,33,35). The van der Waals surface area contributed by atoms with Crippen molar-refractivity contribution >= 4 is 11.9 Å². The highest BCUT2D eigenvalue weighted by Gasteiger charge is 2.27. The highest BCUT2D eigenvalue weighted by atomic mass is 16.2. The van der Waals surface area contributed by atoms with E-state index in [1.54, 1.807) is 10.6 Å². The summed E-state index contributed by atoms with van der Waals surface area (Å²) in [6.45, 7) is 16.9. The lowest BCUT2D eigenvalue weighted by Gasteiger charge is -2.40. The summed E-state index contributed by atoms with van der Waals surface area (Å²) in [5.41, 5.74) is 0.878. The molecule has 9 heteroatoms. The Balaban J connectivity index is 1.22. The fraction of sp³-hybridized carbons (Fsp3) is 0.731. The van der Waals surface area contributed by atoms with Crippen LogP contribution in [0.2, 0.25) is 0 Å². The normalized spacial score (nSPS) is 22.0. The quantitative estimate of drug-likeness (QED) is 0.631. The van der Waals surface area contributed by atoms with Crippen molar-refractivity contribution in [3.8, 4) is 0 Å². The Hall–Kier alpha value is -2.23. The van der Waals surface area contributed by atoms with Crippen LogP contribution in [-0.2, 0) is 18.0 Å². The Bertz CT molecular complexity index is 939. The number of hydrogen-bond acceptors (Lipinski definition) is 6. The molecule has 3 fully saturated rings. The third-order valence-electron chi connectivity index (χ3n) is 7.34. The molecule has 194 valence electrons. The summed E-state index contributed by atoms with van der Waals surface area (Å²) in [4.78, 5) is 45.5. The maximum atomic E-state index is 13.0. The van der Waals surface area contributed by atoms with E-state index >= 15 is 0 Å². The molecule has 0 aliphatic carbocycles. The molecule has 0 radical (unpaired) electrons. The predicted octanol–water partition coefficient (Wildman–Crippen LogP) is 1.62. The van der Waals surface area contributed by atoms with Gasteiger partial charge in [-0.3, -0.25) is 19.8 Å². The van der Waals surface area contributed by atoms with Crippen LogP contribution in [0.3, 0.4) is 0 Å². The number of likely N-dealkylation sites (tertiary alicyclic amines) is 1. The van der Waals surface area contributed by atoms with Crippen molar-refractivity contribution in [3.05, 3.63) is 34.2 Å². The van der Waals surface area contributed by atoms with E-state index < -0.39 is 6.03 Å². The van der Waals surface area contributed by atoms with Crippen LogP contribution >= 0.6 is 0 Å². The molecule has 4 rings (SSSR count). The zero-order chi connectivity index (χ0) is 25.0. The monoisotopic (exact) mass is 486 g/mol. The molecular weight excluding hydrogens is 444 g/mol. The maximum absolute atomic E-state index is 13.0. The molecule has 35 heavy (non-hydrogen) atoms. The van der Waals surface area contributed by atoms with Gasteiger partial charge in [0.1, 0.15) is 0 Å². The number of piperidine rings is 1. The highest BCUT2D eigenvalue weighted by molar-refractivity contribution is 5.96. The van der Waals surface area contributed by atoms with Crippen LogP contribution < -0.4 is 10.9 Å². The Morgan fingerprint density at radius 3 is 2.26 bits per heavy atom. The number of rotatable bonds is 7. The van der Waals surface area contributed by atoms with Gasteiger partial charge in [0.15, 0.2) is 0 Å². The molecule has 9 nitrogen and oxygen atoms in total. The first-order chi connectivity index (χ1) is 16.7. The van der Waals surface area contributed by atoms with Crippen molar-refractivity contribution in [1.82, 2.24) is 29.5 Å². The maximum Gasteiger partial charge on any atom is 0.324 e. The topological polar surface area (TPSA) is 81.1 Å². The minimum Gasteiger partial charge on any atom is -0.319 e. The van der Waals surface area contributed by atoms with Crippen LogP contribution in [0.15, 0.2) is 23.1 Å². The van der Waals surface area contributed by atoms with Crippen LogP contribution in [0.4, 0.5) is 4.79 Å². The number of nitrogens with one attached hydrogen (secondary N) is 1. The number of amides is 3. The lowest BCUT2D eigenvalue weighted by Crippen LogP contribution is -2.50. The van der Waals surface area contributed by atoms with E-state index in [1.807, 2.05) is 12.3 Å². The van der Waals surface area contributed by atoms with Crippen LogP contribution in [0.1, 0.15) is 45.6 Å². The van der Waals surface area contributed by atoms with Crippen molar-refractivity contribution in [2.45, 2.75) is 53.2 Å². The lowest BCUT2D eigenvalue weighted by atomic mass is 9.91. The number of nitrogens with zero attached hydrogens (tertiary/aromatic N) is 5. The van der Waals surface area contributed by atoms with Gasteiger partial charge in [0.25, 0.3) is 5.56 Å². The van der Waals surface area contributed by atoms with Gasteiger partial charge in [-0.05, 0) is 43.3 Å². The third kappa shape index (κ3) is 7.38. The summed E-state index contributed by atoms with van der Waals surface area (Å²) in [5.74, 6) is 0.529. The van der Waals surface area contributed by atoms with E-state index in [0.717, 1.165) is 32.1 Å². The second-order valence-corrected chi connectivity index (χ2v) is 11.7. The fourth-order valence-corrected chi connectivity index (χ4v) is 5.47. The van der Waals surface area contributed by atoms with E-state index in [4.69, 9.17) is 0 Å². The van der Waals surface area contributed by atoms with E-state index in [9.17, 15) is 14.4 Å². The van der Waals surface area contributed by atoms with Gasteiger partial charge >= 0.3 is 6.03 Å². The molecule has 0 spiro atoms. The molecule has 3 saturated heterocycles. The lowest BCUT2D eigenvalue weighted by molar-refractivity contribution is -0.121. The average Bonchev–Trinajstić information content (AvgIpc) is 2.80. The van der Waals surface area contributed by atoms with Gasteiger partial charge in [-0.1, -0.05) is 26.8 Å². The summed E-state index contributed by atoms with van der Waals surface area (Å²) < 4.78 is 1.74. The zero-order valence-corrected chi connectivity index (χ0v) is 21.7. The van der Waals surface area contributed by atoms with Gasteiger partial charge in [0.2, 0.25) is 5.91 Å².